The van der Waals surface area contributed by atoms with Gasteiger partial charge in [-0.05, 0) is 29.7 Å². The van der Waals surface area contributed by atoms with Crippen molar-refractivity contribution in [2.45, 2.75) is 6.42 Å². The van der Waals surface area contributed by atoms with Crippen LogP contribution in [0.2, 0.25) is 0 Å². The molecule has 3 rings (SSSR count). The molecule has 52 valence electrons. The van der Waals surface area contributed by atoms with Crippen molar-refractivity contribution in [3.8, 4) is 0 Å². The smallest absolute Gasteiger partial charge is 0.0705 e. The van der Waals surface area contributed by atoms with Gasteiger partial charge in [-0.1, -0.05) is 12.1 Å². The Bertz CT molecular complexity index is 432. The van der Waals surface area contributed by atoms with Gasteiger partial charge in [0.05, 0.1) is 5.52 Å². The molecular weight excluding hydrogens is 134 g/mol. The number of hydrogen-bond acceptors (Lipinski definition) is 1. The summed E-state index contributed by atoms with van der Waals surface area (Å²) >= 11 is 0. The Morgan fingerprint density at radius 2 is 2.27 bits per heavy atom. The molecular formula is C10H7N. The van der Waals surface area contributed by atoms with E-state index in [4.69, 9.17) is 0 Å². The highest BCUT2D eigenvalue weighted by molar-refractivity contribution is 5.85. The molecule has 2 aromatic rings. The third-order valence-electron chi connectivity index (χ3n) is 2.27. The summed E-state index contributed by atoms with van der Waals surface area (Å²) in [4.78, 5) is 4.33. The first-order valence-electron chi connectivity index (χ1n) is 3.80. The minimum atomic E-state index is 1.08. The number of benzene rings is 1. The molecule has 0 N–H and O–H groups in total. The van der Waals surface area contributed by atoms with Crippen molar-refractivity contribution >= 4 is 10.9 Å². The Labute approximate surface area is 64.7 Å². The van der Waals surface area contributed by atoms with Crippen LogP contribution in [-0.2, 0) is 6.42 Å². The average Bonchev–Trinajstić information content (AvgIpc) is 2.42. The van der Waals surface area contributed by atoms with Gasteiger partial charge in [0.25, 0.3) is 0 Å². The molecule has 1 aromatic carbocycles. The third kappa shape index (κ3) is 0.577. The van der Waals surface area contributed by atoms with Gasteiger partial charge in [0.1, 0.15) is 0 Å². The molecule has 1 aliphatic rings. The van der Waals surface area contributed by atoms with Crippen molar-refractivity contribution in [2.24, 2.45) is 0 Å². The third-order valence-corrected chi connectivity index (χ3v) is 2.27. The fourth-order valence-corrected chi connectivity index (χ4v) is 1.72. The topological polar surface area (TPSA) is 12.9 Å². The summed E-state index contributed by atoms with van der Waals surface area (Å²) in [6.45, 7) is 0. The lowest BCUT2D eigenvalue weighted by atomic mass is 10.1. The Morgan fingerprint density at radius 3 is 3.27 bits per heavy atom. The molecule has 1 aromatic heterocycles. The van der Waals surface area contributed by atoms with Crippen LogP contribution in [0.3, 0.4) is 0 Å². The van der Waals surface area contributed by atoms with E-state index in [-0.39, 0.29) is 0 Å². The normalized spacial score (nSPS) is 13.1. The van der Waals surface area contributed by atoms with Gasteiger partial charge in [0, 0.05) is 11.6 Å². The highest BCUT2D eigenvalue weighted by atomic mass is 14.7. The SMILES string of the molecule is c1cc2c3cc(cnc3c1)C2. The molecule has 1 heterocycles. The van der Waals surface area contributed by atoms with Gasteiger partial charge in [-0.3, -0.25) is 4.98 Å². The minimum Gasteiger partial charge on any atom is -0.256 e. The number of aromatic nitrogens is 1. The molecule has 0 saturated heterocycles. The summed E-state index contributed by atoms with van der Waals surface area (Å²) in [5.41, 5.74) is 3.90. The van der Waals surface area contributed by atoms with Crippen molar-refractivity contribution in [3.05, 3.63) is 41.6 Å². The van der Waals surface area contributed by atoms with Crippen LogP contribution in [-0.4, -0.2) is 4.98 Å². The van der Waals surface area contributed by atoms with E-state index in [2.05, 4.69) is 29.2 Å². The van der Waals surface area contributed by atoms with Crippen LogP contribution in [0.5, 0.6) is 0 Å². The summed E-state index contributed by atoms with van der Waals surface area (Å²) < 4.78 is 0. The first-order valence-corrected chi connectivity index (χ1v) is 3.80. The zero-order valence-corrected chi connectivity index (χ0v) is 6.04. The Balaban J connectivity index is 2.62. The summed E-state index contributed by atoms with van der Waals surface area (Å²) in [5.74, 6) is 0. The van der Waals surface area contributed by atoms with Crippen LogP contribution < -0.4 is 0 Å². The van der Waals surface area contributed by atoms with Crippen LogP contribution in [0.25, 0.3) is 10.9 Å². The molecule has 0 spiro atoms. The highest BCUT2D eigenvalue weighted by Gasteiger charge is 2.10. The van der Waals surface area contributed by atoms with E-state index in [0.717, 1.165) is 11.9 Å². The molecule has 0 fully saturated rings. The van der Waals surface area contributed by atoms with Gasteiger partial charge in [0.2, 0.25) is 0 Å². The Kier molecular flexibility index (Phi) is 0.779. The second kappa shape index (κ2) is 1.62. The van der Waals surface area contributed by atoms with Gasteiger partial charge in [-0.15, -0.1) is 0 Å². The lowest BCUT2D eigenvalue weighted by Gasteiger charge is -1.92. The van der Waals surface area contributed by atoms with Crippen LogP contribution in [0, 0.1) is 0 Å². The number of fused-ring (bicyclic) bond motifs is 1. The highest BCUT2D eigenvalue weighted by Crippen LogP contribution is 2.26. The quantitative estimate of drug-likeness (QED) is 0.467. The van der Waals surface area contributed by atoms with Crippen molar-refractivity contribution in [3.63, 3.8) is 0 Å². The van der Waals surface area contributed by atoms with Crippen molar-refractivity contribution in [2.75, 3.05) is 0 Å². The maximum Gasteiger partial charge on any atom is 0.0705 e. The fraction of sp³-hybridized carbons (Fsp3) is 0.100. The molecule has 1 heteroatoms. The Hall–Kier alpha value is -1.37. The number of hydrogen-bond donors (Lipinski definition) is 0. The van der Waals surface area contributed by atoms with E-state index in [9.17, 15) is 0 Å². The first kappa shape index (κ1) is 5.30. The van der Waals surface area contributed by atoms with Crippen LogP contribution in [0.15, 0.2) is 30.5 Å². The van der Waals surface area contributed by atoms with E-state index in [1.165, 1.54) is 16.5 Å². The van der Waals surface area contributed by atoms with E-state index in [0.29, 0.717) is 0 Å². The summed E-state index contributed by atoms with van der Waals surface area (Å²) in [6, 6.07) is 8.55. The maximum absolute atomic E-state index is 4.33. The number of pyridine rings is 1. The molecule has 11 heavy (non-hydrogen) atoms. The monoisotopic (exact) mass is 141 g/mol. The predicted octanol–water partition coefficient (Wildman–Crippen LogP) is 2.14. The number of nitrogens with zero attached hydrogens (tertiary/aromatic N) is 1. The fourth-order valence-electron chi connectivity index (χ4n) is 1.72. The van der Waals surface area contributed by atoms with Crippen LogP contribution in [0.1, 0.15) is 11.1 Å². The average molecular weight is 141 g/mol. The van der Waals surface area contributed by atoms with Gasteiger partial charge in [-0.2, -0.15) is 0 Å². The first-order chi connectivity index (χ1) is 5.43. The summed E-state index contributed by atoms with van der Waals surface area (Å²) in [6.07, 6.45) is 3.04. The van der Waals surface area contributed by atoms with Crippen LogP contribution in [0.4, 0.5) is 0 Å². The van der Waals surface area contributed by atoms with E-state index in [1.807, 2.05) is 6.20 Å². The molecule has 0 atom stereocenters. The summed E-state index contributed by atoms with van der Waals surface area (Å²) in [5, 5.41) is 1.34. The molecule has 1 nitrogen and oxygen atoms in total. The zero-order valence-electron chi connectivity index (χ0n) is 6.04. The van der Waals surface area contributed by atoms with Crippen LogP contribution >= 0.6 is 0 Å². The molecule has 0 amide bonds. The van der Waals surface area contributed by atoms with E-state index >= 15 is 0 Å². The van der Waals surface area contributed by atoms with Gasteiger partial charge < -0.3 is 0 Å². The van der Waals surface area contributed by atoms with E-state index in [1.54, 1.807) is 0 Å². The number of rotatable bonds is 0. The van der Waals surface area contributed by atoms with Gasteiger partial charge in [0.15, 0.2) is 0 Å². The minimum absolute atomic E-state index is 1.08. The molecule has 0 unspecified atom stereocenters. The molecule has 2 bridgehead atoms. The predicted molar refractivity (Wildman–Crippen MR) is 44.5 cm³/mol. The molecule has 0 aliphatic heterocycles. The summed E-state index contributed by atoms with van der Waals surface area (Å²) in [7, 11) is 0. The van der Waals surface area contributed by atoms with Gasteiger partial charge in [-0.25, -0.2) is 0 Å². The van der Waals surface area contributed by atoms with Crippen molar-refractivity contribution in [1.82, 2.24) is 4.98 Å². The molecule has 0 saturated carbocycles. The lowest BCUT2D eigenvalue weighted by molar-refractivity contribution is 1.24. The Morgan fingerprint density at radius 1 is 1.27 bits per heavy atom. The molecule has 1 aliphatic carbocycles. The standard InChI is InChI=1S/C10H7N/c1-2-8-4-7-5-9(8)10(3-1)11-6-7/h1-3,5-6H,4H2. The van der Waals surface area contributed by atoms with Gasteiger partial charge >= 0.3 is 0 Å². The van der Waals surface area contributed by atoms with Crippen molar-refractivity contribution in [1.29, 1.82) is 0 Å². The molecule has 0 radical (unpaired) electrons. The van der Waals surface area contributed by atoms with Crippen molar-refractivity contribution < 1.29 is 0 Å². The second-order valence-corrected chi connectivity index (χ2v) is 3.00. The maximum atomic E-state index is 4.33. The zero-order chi connectivity index (χ0) is 7.26. The largest absolute Gasteiger partial charge is 0.256 e. The second-order valence-electron chi connectivity index (χ2n) is 3.00. The lowest BCUT2D eigenvalue weighted by Crippen LogP contribution is -1.75. The van der Waals surface area contributed by atoms with E-state index < -0.39 is 0 Å².